The average molecular weight is 589 g/mol. The molecule has 11 heteroatoms. The van der Waals surface area contributed by atoms with E-state index in [1.165, 1.54) is 23.5 Å². The molecule has 224 valence electrons. The third-order valence-electron chi connectivity index (χ3n) is 7.55. The number of benzene rings is 2. The predicted octanol–water partition coefficient (Wildman–Crippen LogP) is 2.40. The number of sulfonamides is 1. The summed E-state index contributed by atoms with van der Waals surface area (Å²) in [5.41, 5.74) is 0.905. The Hall–Kier alpha value is -2.99. The molecule has 0 bridgehead atoms. The second-order valence-corrected chi connectivity index (χ2v) is 13.2. The van der Waals surface area contributed by atoms with Crippen LogP contribution in [0.4, 0.5) is 0 Å². The molecule has 2 aliphatic heterocycles. The van der Waals surface area contributed by atoms with Gasteiger partial charge in [-0.2, -0.15) is 4.31 Å². The van der Waals surface area contributed by atoms with Crippen molar-refractivity contribution in [1.82, 2.24) is 9.62 Å². The van der Waals surface area contributed by atoms with Gasteiger partial charge >= 0.3 is 5.97 Å². The van der Waals surface area contributed by atoms with Crippen molar-refractivity contribution >= 4 is 21.9 Å². The summed E-state index contributed by atoms with van der Waals surface area (Å²) in [5, 5.41) is 14.4. The maximum Gasteiger partial charge on any atom is 0.306 e. The van der Waals surface area contributed by atoms with Crippen molar-refractivity contribution < 1.29 is 37.3 Å². The predicted molar refractivity (Wildman–Crippen MR) is 152 cm³/mol. The zero-order valence-corrected chi connectivity index (χ0v) is 24.6. The number of aliphatic hydroxyl groups excluding tert-OH is 1. The maximum atomic E-state index is 13.6. The molecule has 2 heterocycles. The fourth-order valence-electron chi connectivity index (χ4n) is 5.46. The van der Waals surface area contributed by atoms with E-state index in [1.54, 1.807) is 12.1 Å². The highest BCUT2D eigenvalue weighted by molar-refractivity contribution is 7.89. The Kier molecular flexibility index (Phi) is 10.4. The molecule has 0 aromatic heterocycles. The highest BCUT2D eigenvalue weighted by Crippen LogP contribution is 2.28. The molecule has 1 amide bonds. The van der Waals surface area contributed by atoms with Crippen LogP contribution in [-0.2, 0) is 35.5 Å². The molecule has 0 saturated carbocycles. The Morgan fingerprint density at radius 2 is 1.80 bits per heavy atom. The van der Waals surface area contributed by atoms with Gasteiger partial charge < -0.3 is 24.6 Å². The lowest BCUT2D eigenvalue weighted by molar-refractivity contribution is -0.162. The molecule has 3 unspecified atom stereocenters. The van der Waals surface area contributed by atoms with Crippen LogP contribution in [0.3, 0.4) is 0 Å². The smallest absolute Gasteiger partial charge is 0.306 e. The molecule has 5 atom stereocenters. The number of amides is 1. The molecular weight excluding hydrogens is 548 g/mol. The molecule has 2 aliphatic rings. The van der Waals surface area contributed by atoms with Crippen molar-refractivity contribution in [2.75, 3.05) is 33.4 Å². The van der Waals surface area contributed by atoms with Crippen LogP contribution in [0.25, 0.3) is 0 Å². The Labute approximate surface area is 242 Å². The van der Waals surface area contributed by atoms with E-state index in [-0.39, 0.29) is 54.8 Å². The molecule has 41 heavy (non-hydrogen) atoms. The number of esters is 1. The van der Waals surface area contributed by atoms with Gasteiger partial charge in [0.05, 0.1) is 43.8 Å². The number of nitrogens with zero attached hydrogens (tertiary/aromatic N) is 1. The minimum atomic E-state index is -3.94. The van der Waals surface area contributed by atoms with Gasteiger partial charge in [-0.3, -0.25) is 9.59 Å². The first kappa shape index (κ1) is 31.0. The van der Waals surface area contributed by atoms with Crippen molar-refractivity contribution in [3.8, 4) is 5.75 Å². The number of hydrogen-bond donors (Lipinski definition) is 2. The Balaban J connectivity index is 1.51. The van der Waals surface area contributed by atoms with Crippen molar-refractivity contribution in [1.29, 1.82) is 0 Å². The summed E-state index contributed by atoms with van der Waals surface area (Å²) < 4.78 is 45.1. The quantitative estimate of drug-likeness (QED) is 0.341. The van der Waals surface area contributed by atoms with Crippen LogP contribution < -0.4 is 10.1 Å². The summed E-state index contributed by atoms with van der Waals surface area (Å²) in [6.45, 7) is 4.43. The minimum absolute atomic E-state index is 0.00590. The third kappa shape index (κ3) is 8.06. The van der Waals surface area contributed by atoms with Crippen LogP contribution in [0.5, 0.6) is 5.75 Å². The fourth-order valence-corrected chi connectivity index (χ4v) is 7.08. The lowest BCUT2D eigenvalue weighted by atomic mass is 9.90. The lowest BCUT2D eigenvalue weighted by Gasteiger charge is -2.33. The van der Waals surface area contributed by atoms with Gasteiger partial charge in [0.1, 0.15) is 11.9 Å². The molecule has 0 radical (unpaired) electrons. The van der Waals surface area contributed by atoms with Crippen LogP contribution >= 0.6 is 0 Å². The summed E-state index contributed by atoms with van der Waals surface area (Å²) in [6, 6.07) is 15.3. The van der Waals surface area contributed by atoms with Gasteiger partial charge in [-0.15, -0.1) is 0 Å². The molecule has 2 N–H and O–H groups in total. The van der Waals surface area contributed by atoms with E-state index in [4.69, 9.17) is 14.2 Å². The molecule has 4 rings (SSSR count). The van der Waals surface area contributed by atoms with Gasteiger partial charge in [0.2, 0.25) is 15.9 Å². The normalized spacial score (nSPS) is 22.2. The maximum absolute atomic E-state index is 13.6. The third-order valence-corrected chi connectivity index (χ3v) is 9.40. The number of methoxy groups -OCH3 is 1. The zero-order valence-electron chi connectivity index (χ0n) is 23.8. The molecule has 2 aromatic carbocycles. The second kappa shape index (κ2) is 13.8. The first-order chi connectivity index (χ1) is 19.6. The van der Waals surface area contributed by atoms with E-state index in [0.29, 0.717) is 25.2 Å². The van der Waals surface area contributed by atoms with E-state index >= 15 is 0 Å². The lowest BCUT2D eigenvalue weighted by Crippen LogP contribution is -2.50. The van der Waals surface area contributed by atoms with E-state index in [1.807, 2.05) is 44.2 Å². The Morgan fingerprint density at radius 3 is 2.46 bits per heavy atom. The van der Waals surface area contributed by atoms with Gasteiger partial charge in [-0.25, -0.2) is 8.42 Å². The monoisotopic (exact) mass is 588 g/mol. The number of carbonyl (C=O) groups is 2. The van der Waals surface area contributed by atoms with Gasteiger partial charge in [0.25, 0.3) is 0 Å². The van der Waals surface area contributed by atoms with Crippen LogP contribution in [-0.4, -0.2) is 81.4 Å². The molecule has 2 fully saturated rings. The molecular formula is C30H40N2O8S. The Bertz CT molecular complexity index is 1270. The topological polar surface area (TPSA) is 131 Å². The van der Waals surface area contributed by atoms with Crippen LogP contribution in [0, 0.1) is 17.8 Å². The highest BCUT2D eigenvalue weighted by atomic mass is 32.2. The number of ether oxygens (including phenoxy) is 3. The largest absolute Gasteiger partial charge is 0.497 e. The molecule has 0 aliphatic carbocycles. The molecule has 2 aromatic rings. The van der Waals surface area contributed by atoms with E-state index in [0.717, 1.165) is 5.56 Å². The summed E-state index contributed by atoms with van der Waals surface area (Å²) in [6.07, 6.45) is -1.22. The molecule has 0 spiro atoms. The SMILES string of the molecule is COc1ccc(S(=O)(=O)N(CC(C)C)C[C@@H](O)[C@@H](CC(=O)OC2COCC3CC(=O)NC32)Cc2ccccc2)cc1. The van der Waals surface area contributed by atoms with Crippen LogP contribution in [0.15, 0.2) is 59.5 Å². The first-order valence-electron chi connectivity index (χ1n) is 14.0. The van der Waals surface area contributed by atoms with Gasteiger partial charge in [-0.1, -0.05) is 44.2 Å². The summed E-state index contributed by atoms with van der Waals surface area (Å²) in [4.78, 5) is 25.2. The van der Waals surface area contributed by atoms with Crippen molar-refractivity contribution in [2.45, 2.75) is 56.3 Å². The summed E-state index contributed by atoms with van der Waals surface area (Å²) in [7, 11) is -2.44. The van der Waals surface area contributed by atoms with Gasteiger partial charge in [0.15, 0.2) is 0 Å². The van der Waals surface area contributed by atoms with E-state index in [9.17, 15) is 23.1 Å². The van der Waals surface area contributed by atoms with Crippen molar-refractivity contribution in [2.24, 2.45) is 17.8 Å². The van der Waals surface area contributed by atoms with Gasteiger partial charge in [-0.05, 0) is 42.2 Å². The number of rotatable bonds is 13. The van der Waals surface area contributed by atoms with Gasteiger partial charge in [0, 0.05) is 31.3 Å². The summed E-state index contributed by atoms with van der Waals surface area (Å²) in [5.74, 6) is -0.765. The van der Waals surface area contributed by atoms with E-state index in [2.05, 4.69) is 5.32 Å². The number of aliphatic hydroxyl groups is 1. The summed E-state index contributed by atoms with van der Waals surface area (Å²) >= 11 is 0. The second-order valence-electron chi connectivity index (χ2n) is 11.2. The number of hydrogen-bond acceptors (Lipinski definition) is 8. The van der Waals surface area contributed by atoms with Crippen molar-refractivity contribution in [3.05, 3.63) is 60.2 Å². The number of fused-ring (bicyclic) bond motifs is 1. The fraction of sp³-hybridized carbons (Fsp3) is 0.533. The average Bonchev–Trinajstić information content (AvgIpc) is 3.34. The molecule has 10 nitrogen and oxygen atoms in total. The Morgan fingerprint density at radius 1 is 1.10 bits per heavy atom. The molecule has 2 saturated heterocycles. The van der Waals surface area contributed by atoms with Crippen LogP contribution in [0.1, 0.15) is 32.3 Å². The highest BCUT2D eigenvalue weighted by Gasteiger charge is 2.43. The minimum Gasteiger partial charge on any atom is -0.497 e. The first-order valence-corrected chi connectivity index (χ1v) is 15.4. The van der Waals surface area contributed by atoms with Crippen molar-refractivity contribution in [3.63, 3.8) is 0 Å². The number of nitrogens with one attached hydrogen (secondary N) is 1. The van der Waals surface area contributed by atoms with E-state index < -0.39 is 34.1 Å². The standard InChI is InChI=1S/C30H40N2O8S/c1-20(2)16-32(41(36,37)25-11-9-24(38-3)10-12-25)17-26(33)22(13-21-7-5-4-6-8-21)15-29(35)40-27-19-39-18-23-14-28(34)31-30(23)27/h4-12,20,22-23,26-27,30,33H,13-19H2,1-3H3,(H,31,34)/t22-,23?,26-,27?,30?/m1/s1. The number of carbonyl (C=O) groups excluding carboxylic acids is 2. The zero-order chi connectivity index (χ0) is 29.6. The van der Waals surface area contributed by atoms with Crippen LogP contribution in [0.2, 0.25) is 0 Å².